The monoisotopic (exact) mass is 815 g/mol. The number of pyridine rings is 2. The standard InChI is InChI=1S/C43H32N4O.Pt/c1-27-11-5-6-14-32(27)38-26-46-39-17-8-7-15-34(39)33-21-19-31(25-37(33)42(46)45-38)48-30-13-9-12-29(24-30)47-40-23-28(43(2,3)4)18-20-35(40)36-16-10-22-44-41(36)47;/h5-23,26H,1-4H3;/q-2;+2. The average molecular weight is 816 g/mol. The van der Waals surface area contributed by atoms with Crippen LogP contribution in [0.1, 0.15) is 31.9 Å². The number of rotatable bonds is 4. The third-order valence-corrected chi connectivity index (χ3v) is 9.33. The molecule has 0 spiro atoms. The molecule has 5 aromatic carbocycles. The fourth-order valence-electron chi connectivity index (χ4n) is 6.88. The zero-order valence-corrected chi connectivity index (χ0v) is 29.8. The maximum Gasteiger partial charge on any atom is 2.00 e. The molecule has 5 nitrogen and oxygen atoms in total. The summed E-state index contributed by atoms with van der Waals surface area (Å²) < 4.78 is 10.9. The van der Waals surface area contributed by atoms with Gasteiger partial charge in [0, 0.05) is 45.7 Å². The first-order valence-electron chi connectivity index (χ1n) is 16.3. The van der Waals surface area contributed by atoms with Crippen LogP contribution in [0.15, 0.2) is 122 Å². The quantitative estimate of drug-likeness (QED) is 0.131. The molecule has 0 aliphatic carbocycles. The van der Waals surface area contributed by atoms with Crippen molar-refractivity contribution in [2.24, 2.45) is 0 Å². The Bertz CT molecular complexity index is 2710. The molecule has 49 heavy (non-hydrogen) atoms. The van der Waals surface area contributed by atoms with Gasteiger partial charge in [-0.2, -0.15) is 6.07 Å². The van der Waals surface area contributed by atoms with E-state index in [1.165, 1.54) is 11.1 Å². The number of fused-ring (bicyclic) bond motifs is 9. The van der Waals surface area contributed by atoms with E-state index in [1.54, 1.807) is 0 Å². The summed E-state index contributed by atoms with van der Waals surface area (Å²) in [7, 11) is 0. The number of benzene rings is 5. The third-order valence-electron chi connectivity index (χ3n) is 9.33. The summed E-state index contributed by atoms with van der Waals surface area (Å²) in [6.45, 7) is 8.84. The van der Waals surface area contributed by atoms with Crippen LogP contribution in [0.25, 0.3) is 66.2 Å². The Morgan fingerprint density at radius 1 is 0.673 bits per heavy atom. The molecular formula is C43H32N4OPt. The van der Waals surface area contributed by atoms with Crippen LogP contribution >= 0.6 is 0 Å². The van der Waals surface area contributed by atoms with E-state index >= 15 is 0 Å². The van der Waals surface area contributed by atoms with E-state index in [-0.39, 0.29) is 26.5 Å². The summed E-state index contributed by atoms with van der Waals surface area (Å²) in [5.41, 5.74) is 9.31. The van der Waals surface area contributed by atoms with Crippen LogP contribution in [0.2, 0.25) is 0 Å². The number of aryl methyl sites for hydroxylation is 1. The van der Waals surface area contributed by atoms with Gasteiger partial charge in [-0.25, -0.2) is 4.98 Å². The van der Waals surface area contributed by atoms with Crippen LogP contribution in [0, 0.1) is 19.1 Å². The smallest absolute Gasteiger partial charge is 0.503 e. The molecular weight excluding hydrogens is 784 g/mol. The maximum absolute atomic E-state index is 6.52. The minimum absolute atomic E-state index is 0. The van der Waals surface area contributed by atoms with Gasteiger partial charge < -0.3 is 13.7 Å². The van der Waals surface area contributed by atoms with Crippen molar-refractivity contribution in [3.63, 3.8) is 0 Å². The summed E-state index contributed by atoms with van der Waals surface area (Å²) in [6.07, 6.45) is 3.97. The summed E-state index contributed by atoms with van der Waals surface area (Å²) in [4.78, 5) is 9.96. The molecule has 0 saturated carbocycles. The second-order valence-electron chi connectivity index (χ2n) is 13.5. The summed E-state index contributed by atoms with van der Waals surface area (Å²) in [5.74, 6) is 1.20. The fourth-order valence-corrected chi connectivity index (χ4v) is 6.88. The Balaban J connectivity index is 0.00000348. The Hall–Kier alpha value is -5.25. The molecule has 9 rings (SSSR count). The van der Waals surface area contributed by atoms with Gasteiger partial charge in [0.1, 0.15) is 5.65 Å². The molecule has 0 saturated heterocycles. The van der Waals surface area contributed by atoms with Crippen LogP contribution < -0.4 is 4.74 Å². The number of para-hydroxylation sites is 1. The summed E-state index contributed by atoms with van der Waals surface area (Å²) >= 11 is 0. The Morgan fingerprint density at radius 3 is 2.29 bits per heavy atom. The van der Waals surface area contributed by atoms with Crippen molar-refractivity contribution in [2.45, 2.75) is 33.1 Å². The number of ether oxygens (including phenoxy) is 1. The molecule has 0 aliphatic heterocycles. The van der Waals surface area contributed by atoms with Crippen molar-refractivity contribution in [1.29, 1.82) is 0 Å². The van der Waals surface area contributed by atoms with E-state index in [4.69, 9.17) is 14.7 Å². The Morgan fingerprint density at radius 2 is 1.43 bits per heavy atom. The topological polar surface area (TPSA) is 44.4 Å². The molecule has 0 atom stereocenters. The number of hydrogen-bond donors (Lipinski definition) is 0. The van der Waals surface area contributed by atoms with Crippen LogP contribution in [-0.2, 0) is 26.5 Å². The molecule has 4 aromatic heterocycles. The van der Waals surface area contributed by atoms with Gasteiger partial charge in [0.25, 0.3) is 0 Å². The molecule has 0 N–H and O–H groups in total. The van der Waals surface area contributed by atoms with Crippen molar-refractivity contribution in [1.82, 2.24) is 18.9 Å². The van der Waals surface area contributed by atoms with Crippen molar-refractivity contribution in [2.75, 3.05) is 0 Å². The minimum Gasteiger partial charge on any atom is -0.503 e. The van der Waals surface area contributed by atoms with E-state index in [0.29, 0.717) is 11.5 Å². The molecule has 0 aliphatic rings. The van der Waals surface area contributed by atoms with Gasteiger partial charge in [-0.1, -0.05) is 97.9 Å². The largest absolute Gasteiger partial charge is 2.00 e. The second-order valence-corrected chi connectivity index (χ2v) is 13.5. The van der Waals surface area contributed by atoms with Crippen LogP contribution in [0.5, 0.6) is 11.5 Å². The van der Waals surface area contributed by atoms with Crippen molar-refractivity contribution in [3.05, 3.63) is 145 Å². The third kappa shape index (κ3) is 5.12. The molecule has 0 fully saturated rings. The second kappa shape index (κ2) is 11.7. The van der Waals surface area contributed by atoms with E-state index in [0.717, 1.165) is 66.2 Å². The molecule has 9 aromatic rings. The molecule has 0 radical (unpaired) electrons. The molecule has 0 bridgehead atoms. The summed E-state index contributed by atoms with van der Waals surface area (Å²) in [5, 5.41) is 5.39. The van der Waals surface area contributed by atoms with Gasteiger partial charge >= 0.3 is 21.1 Å². The zero-order chi connectivity index (χ0) is 32.6. The van der Waals surface area contributed by atoms with Gasteiger partial charge in [-0.05, 0) is 53.1 Å². The van der Waals surface area contributed by atoms with Crippen LogP contribution in [0.3, 0.4) is 0 Å². The first kappa shape index (κ1) is 31.0. The molecule has 0 unspecified atom stereocenters. The fraction of sp³-hybridized carbons (Fsp3) is 0.116. The van der Waals surface area contributed by atoms with E-state index < -0.39 is 0 Å². The Kier molecular flexibility index (Phi) is 7.42. The number of nitrogens with zero attached hydrogens (tertiary/aromatic N) is 4. The molecule has 4 heterocycles. The van der Waals surface area contributed by atoms with Crippen LogP contribution in [-0.4, -0.2) is 18.9 Å². The van der Waals surface area contributed by atoms with Gasteiger partial charge in [-0.3, -0.25) is 4.98 Å². The van der Waals surface area contributed by atoms with E-state index in [9.17, 15) is 0 Å². The van der Waals surface area contributed by atoms with Crippen molar-refractivity contribution >= 4 is 49.3 Å². The Labute approximate surface area is 299 Å². The van der Waals surface area contributed by atoms with Crippen molar-refractivity contribution in [3.8, 4) is 28.4 Å². The number of aromatic nitrogens is 4. The van der Waals surface area contributed by atoms with Gasteiger partial charge in [0.2, 0.25) is 0 Å². The zero-order valence-electron chi connectivity index (χ0n) is 27.6. The van der Waals surface area contributed by atoms with E-state index in [2.05, 4.69) is 140 Å². The normalized spacial score (nSPS) is 11.9. The SMILES string of the molecule is Cc1ccccc1-c1cn2c3ccccc3c3ccc(Oc4[c-]c(-n5c6cc(C(C)(C)C)ccc6c6cccnc65)ccc4)[c-]c3c2n1.[Pt+2]. The van der Waals surface area contributed by atoms with Crippen molar-refractivity contribution < 1.29 is 25.8 Å². The minimum atomic E-state index is 0. The first-order chi connectivity index (χ1) is 23.3. The van der Waals surface area contributed by atoms with Gasteiger partial charge in [-0.15, -0.1) is 30.3 Å². The van der Waals surface area contributed by atoms with Gasteiger partial charge in [0.15, 0.2) is 0 Å². The maximum atomic E-state index is 6.52. The first-order valence-corrected chi connectivity index (χ1v) is 16.3. The number of imidazole rings is 1. The molecule has 6 heteroatoms. The molecule has 0 amide bonds. The average Bonchev–Trinajstić information content (AvgIpc) is 3.69. The predicted octanol–water partition coefficient (Wildman–Crippen LogP) is 10.8. The molecule has 240 valence electrons. The van der Waals surface area contributed by atoms with Gasteiger partial charge in [0.05, 0.1) is 16.9 Å². The summed E-state index contributed by atoms with van der Waals surface area (Å²) in [6, 6.07) is 44.9. The van der Waals surface area contributed by atoms with Crippen LogP contribution in [0.4, 0.5) is 0 Å². The predicted molar refractivity (Wildman–Crippen MR) is 195 cm³/mol. The number of hydrogen-bond acceptors (Lipinski definition) is 3. The van der Waals surface area contributed by atoms with E-state index in [1.807, 2.05) is 30.5 Å².